The Labute approximate surface area is 162 Å². The van der Waals surface area contributed by atoms with Gasteiger partial charge in [0.1, 0.15) is 11.8 Å². The number of carbonyl (C=O) groups is 1. The molecule has 2 N–H and O–H groups in total. The fourth-order valence-corrected chi connectivity index (χ4v) is 3.56. The third-order valence-corrected chi connectivity index (χ3v) is 4.86. The molecule has 2 unspecified atom stereocenters. The standard InChI is InChI=1S/C23H17N3O2/c24-14-18-13-17(11-12-19(18)27)22-20(15-7-3-1-4-8-15)21(25-23(28)26-22)16-9-5-2-6-10-16/h1-13,20,22,27H,(H,26,28). The molecule has 0 bridgehead atoms. The number of urea groups is 1. The number of amides is 2. The van der Waals surface area contributed by atoms with E-state index in [0.29, 0.717) is 5.71 Å². The van der Waals surface area contributed by atoms with Gasteiger partial charge in [-0.3, -0.25) is 0 Å². The van der Waals surface area contributed by atoms with Crippen LogP contribution in [-0.2, 0) is 0 Å². The van der Waals surface area contributed by atoms with Crippen LogP contribution >= 0.6 is 0 Å². The van der Waals surface area contributed by atoms with Crippen LogP contribution in [0.25, 0.3) is 0 Å². The van der Waals surface area contributed by atoms with Crippen LogP contribution in [-0.4, -0.2) is 16.8 Å². The molecule has 3 aromatic rings. The molecule has 0 aliphatic carbocycles. The van der Waals surface area contributed by atoms with Crippen LogP contribution in [0.4, 0.5) is 4.79 Å². The van der Waals surface area contributed by atoms with Gasteiger partial charge in [0.15, 0.2) is 0 Å². The Kier molecular flexibility index (Phi) is 4.61. The number of hydrogen-bond acceptors (Lipinski definition) is 3. The maximum absolute atomic E-state index is 12.4. The van der Waals surface area contributed by atoms with Crippen LogP contribution in [0.5, 0.6) is 5.75 Å². The molecule has 28 heavy (non-hydrogen) atoms. The van der Waals surface area contributed by atoms with E-state index >= 15 is 0 Å². The maximum atomic E-state index is 12.4. The largest absolute Gasteiger partial charge is 0.507 e. The summed E-state index contributed by atoms with van der Waals surface area (Å²) in [6.45, 7) is 0. The number of hydrogen-bond donors (Lipinski definition) is 2. The first-order chi connectivity index (χ1) is 13.7. The minimum Gasteiger partial charge on any atom is -0.507 e. The van der Waals surface area contributed by atoms with E-state index in [2.05, 4.69) is 10.3 Å². The Balaban J connectivity index is 1.89. The van der Waals surface area contributed by atoms with E-state index in [0.717, 1.165) is 16.7 Å². The molecule has 5 heteroatoms. The molecule has 1 heterocycles. The second kappa shape index (κ2) is 7.37. The van der Waals surface area contributed by atoms with E-state index in [1.54, 1.807) is 12.1 Å². The molecule has 2 amide bonds. The molecule has 4 rings (SSSR count). The Morgan fingerprint density at radius 3 is 2.29 bits per heavy atom. The second-order valence-electron chi connectivity index (χ2n) is 6.57. The van der Waals surface area contributed by atoms with E-state index in [9.17, 15) is 15.2 Å². The fraction of sp³-hybridized carbons (Fsp3) is 0.0870. The smallest absolute Gasteiger partial charge is 0.341 e. The fourth-order valence-electron chi connectivity index (χ4n) is 3.56. The number of aliphatic imine (C=N–C) groups is 1. The van der Waals surface area contributed by atoms with Crippen molar-refractivity contribution in [2.45, 2.75) is 12.0 Å². The first-order valence-corrected chi connectivity index (χ1v) is 8.90. The Hall–Kier alpha value is -3.91. The molecule has 0 saturated heterocycles. The van der Waals surface area contributed by atoms with Crippen molar-refractivity contribution >= 4 is 11.7 Å². The van der Waals surface area contributed by atoms with Crippen molar-refractivity contribution < 1.29 is 9.90 Å². The molecule has 1 aliphatic rings. The number of carbonyl (C=O) groups excluding carboxylic acids is 1. The average molecular weight is 367 g/mol. The molecule has 0 fully saturated rings. The minimum atomic E-state index is -0.428. The monoisotopic (exact) mass is 367 g/mol. The van der Waals surface area contributed by atoms with Gasteiger partial charge in [-0.1, -0.05) is 66.7 Å². The van der Waals surface area contributed by atoms with Crippen molar-refractivity contribution in [2.75, 3.05) is 0 Å². The molecule has 0 radical (unpaired) electrons. The highest BCUT2D eigenvalue weighted by atomic mass is 16.3. The first kappa shape index (κ1) is 17.5. The number of phenols is 1. The van der Waals surface area contributed by atoms with Crippen LogP contribution in [0.3, 0.4) is 0 Å². The highest BCUT2D eigenvalue weighted by molar-refractivity contribution is 6.12. The normalized spacial score (nSPS) is 18.7. The third kappa shape index (κ3) is 3.24. The molecule has 0 saturated carbocycles. The molecule has 3 aromatic carbocycles. The lowest BCUT2D eigenvalue weighted by Crippen LogP contribution is -2.40. The van der Waals surface area contributed by atoms with Crippen molar-refractivity contribution in [2.24, 2.45) is 4.99 Å². The van der Waals surface area contributed by atoms with Gasteiger partial charge in [-0.25, -0.2) is 4.79 Å². The Morgan fingerprint density at radius 1 is 0.929 bits per heavy atom. The number of nitrogens with zero attached hydrogens (tertiary/aromatic N) is 2. The minimum absolute atomic E-state index is 0.0819. The lowest BCUT2D eigenvalue weighted by Gasteiger charge is -2.33. The number of benzene rings is 3. The van der Waals surface area contributed by atoms with E-state index in [4.69, 9.17) is 0 Å². The van der Waals surface area contributed by atoms with Crippen molar-refractivity contribution in [3.05, 3.63) is 101 Å². The molecule has 2 atom stereocenters. The zero-order valence-electron chi connectivity index (χ0n) is 14.9. The number of phenolic OH excluding ortho intramolecular Hbond substituents is 1. The summed E-state index contributed by atoms with van der Waals surface area (Å²) in [6.07, 6.45) is 0. The zero-order valence-corrected chi connectivity index (χ0v) is 14.9. The lowest BCUT2D eigenvalue weighted by molar-refractivity contribution is 0.243. The van der Waals surface area contributed by atoms with Crippen molar-refractivity contribution in [3.63, 3.8) is 0 Å². The summed E-state index contributed by atoms with van der Waals surface area (Å²) in [5.74, 6) is -0.320. The number of rotatable bonds is 3. The van der Waals surface area contributed by atoms with Gasteiger partial charge in [0.25, 0.3) is 0 Å². The van der Waals surface area contributed by atoms with Crippen molar-refractivity contribution in [1.29, 1.82) is 5.26 Å². The number of aromatic hydroxyl groups is 1. The van der Waals surface area contributed by atoms with Crippen LogP contribution in [0.1, 0.15) is 34.2 Å². The predicted molar refractivity (Wildman–Crippen MR) is 106 cm³/mol. The Morgan fingerprint density at radius 2 is 1.61 bits per heavy atom. The van der Waals surface area contributed by atoms with E-state index in [-0.39, 0.29) is 17.2 Å². The summed E-state index contributed by atoms with van der Waals surface area (Å²) >= 11 is 0. The van der Waals surface area contributed by atoms with Gasteiger partial charge in [0.2, 0.25) is 0 Å². The second-order valence-corrected chi connectivity index (χ2v) is 6.57. The number of nitriles is 1. The maximum Gasteiger partial charge on any atom is 0.341 e. The van der Waals surface area contributed by atoms with Crippen LogP contribution in [0.15, 0.2) is 83.9 Å². The highest BCUT2D eigenvalue weighted by Crippen LogP contribution is 2.38. The van der Waals surface area contributed by atoms with Crippen LogP contribution < -0.4 is 5.32 Å². The van der Waals surface area contributed by atoms with E-state index in [1.807, 2.05) is 66.7 Å². The predicted octanol–water partition coefficient (Wildman–Crippen LogP) is 4.30. The van der Waals surface area contributed by atoms with Gasteiger partial charge < -0.3 is 10.4 Å². The molecule has 136 valence electrons. The quantitative estimate of drug-likeness (QED) is 0.724. The molecule has 0 aromatic heterocycles. The van der Waals surface area contributed by atoms with Crippen LogP contribution in [0, 0.1) is 11.3 Å². The Bertz CT molecular complexity index is 1090. The summed E-state index contributed by atoms with van der Waals surface area (Å²) in [5.41, 5.74) is 3.45. The summed E-state index contributed by atoms with van der Waals surface area (Å²) in [5, 5.41) is 22.1. The topological polar surface area (TPSA) is 85.5 Å². The molecular weight excluding hydrogens is 350 g/mol. The zero-order chi connectivity index (χ0) is 19.5. The van der Waals surface area contributed by atoms with Gasteiger partial charge in [0, 0.05) is 0 Å². The van der Waals surface area contributed by atoms with Crippen LogP contribution in [0.2, 0.25) is 0 Å². The molecule has 1 aliphatic heterocycles. The lowest BCUT2D eigenvalue weighted by atomic mass is 9.80. The van der Waals surface area contributed by atoms with Crippen molar-refractivity contribution in [3.8, 4) is 11.8 Å². The average Bonchev–Trinajstić information content (AvgIpc) is 2.74. The van der Waals surface area contributed by atoms with Gasteiger partial charge in [-0.05, 0) is 28.8 Å². The SMILES string of the molecule is N#Cc1cc(C2NC(=O)N=C(c3ccccc3)C2c2ccccc2)ccc1O. The van der Waals surface area contributed by atoms with Crippen molar-refractivity contribution in [1.82, 2.24) is 5.32 Å². The van der Waals surface area contributed by atoms with Gasteiger partial charge in [0.05, 0.1) is 23.2 Å². The summed E-state index contributed by atoms with van der Waals surface area (Å²) in [7, 11) is 0. The highest BCUT2D eigenvalue weighted by Gasteiger charge is 2.35. The molecule has 5 nitrogen and oxygen atoms in total. The van der Waals surface area contributed by atoms with E-state index < -0.39 is 12.1 Å². The van der Waals surface area contributed by atoms with Gasteiger partial charge in [-0.15, -0.1) is 0 Å². The first-order valence-electron chi connectivity index (χ1n) is 8.90. The summed E-state index contributed by atoms with van der Waals surface area (Å²) in [4.78, 5) is 16.7. The van der Waals surface area contributed by atoms with E-state index in [1.165, 1.54) is 6.07 Å². The third-order valence-electron chi connectivity index (χ3n) is 4.86. The summed E-state index contributed by atoms with van der Waals surface area (Å²) in [6, 6.07) is 25.4. The van der Waals surface area contributed by atoms with Gasteiger partial charge >= 0.3 is 6.03 Å². The number of nitrogens with one attached hydrogen (secondary N) is 1. The van der Waals surface area contributed by atoms with Gasteiger partial charge in [-0.2, -0.15) is 10.3 Å². The summed E-state index contributed by atoms with van der Waals surface area (Å²) < 4.78 is 0. The molecule has 0 spiro atoms. The molecular formula is C23H17N3O2.